The SMILES string of the molecule is Cc1ccc2nc(CCNC(=O)CCC[C@H]3NCC4CC3CN(Cc3ccccc3)C4)[nH]c2c1.Cl.Cl. The first-order chi connectivity index (χ1) is 16.6. The number of aromatic amines is 1. The lowest BCUT2D eigenvalue weighted by Gasteiger charge is -2.46. The number of aromatic nitrogens is 2. The van der Waals surface area contributed by atoms with E-state index in [0.29, 0.717) is 24.9 Å². The molecule has 1 amide bonds. The van der Waals surface area contributed by atoms with E-state index in [1.807, 2.05) is 6.07 Å². The van der Waals surface area contributed by atoms with Crippen LogP contribution in [-0.4, -0.2) is 53.0 Å². The standard InChI is InChI=1S/C28H37N5O.2ClH/c1-20-10-11-25-26(14-20)32-27(31-25)12-13-29-28(34)9-5-8-24-23-15-22(16-30-24)18-33(19-23)17-21-6-3-2-4-7-21;;/h2-4,6-7,10-11,14,22-24,30H,5,8-9,12-13,15-19H2,1H3,(H,29,34)(H,31,32);2*1H/t22?,23?,24-;;/m1../s1. The van der Waals surface area contributed by atoms with E-state index in [2.05, 4.69) is 74.9 Å². The van der Waals surface area contributed by atoms with E-state index in [-0.39, 0.29) is 30.7 Å². The molecule has 3 aromatic rings. The lowest BCUT2D eigenvalue weighted by atomic mass is 9.79. The van der Waals surface area contributed by atoms with Gasteiger partial charge in [-0.1, -0.05) is 36.4 Å². The molecule has 0 spiro atoms. The van der Waals surface area contributed by atoms with Gasteiger partial charge in [-0.15, -0.1) is 24.8 Å². The Morgan fingerprint density at radius 3 is 2.81 bits per heavy atom. The number of amides is 1. The first-order valence-corrected chi connectivity index (χ1v) is 12.8. The summed E-state index contributed by atoms with van der Waals surface area (Å²) in [5.41, 5.74) is 4.67. The fraction of sp³-hybridized carbons (Fsp3) is 0.500. The van der Waals surface area contributed by atoms with Gasteiger partial charge < -0.3 is 15.6 Å². The van der Waals surface area contributed by atoms with E-state index >= 15 is 0 Å². The van der Waals surface area contributed by atoms with Crippen molar-refractivity contribution in [3.8, 4) is 0 Å². The highest BCUT2D eigenvalue weighted by Gasteiger charge is 2.36. The summed E-state index contributed by atoms with van der Waals surface area (Å²) in [6.07, 6.45) is 4.66. The number of H-pyrrole nitrogens is 1. The smallest absolute Gasteiger partial charge is 0.220 e. The van der Waals surface area contributed by atoms with Crippen LogP contribution in [-0.2, 0) is 17.8 Å². The molecule has 3 N–H and O–H groups in total. The Morgan fingerprint density at radius 2 is 1.97 bits per heavy atom. The molecule has 2 bridgehead atoms. The molecule has 2 aliphatic heterocycles. The number of benzene rings is 2. The van der Waals surface area contributed by atoms with Gasteiger partial charge in [0.1, 0.15) is 5.82 Å². The quantitative estimate of drug-likeness (QED) is 0.375. The van der Waals surface area contributed by atoms with Crippen molar-refractivity contribution in [2.24, 2.45) is 11.8 Å². The van der Waals surface area contributed by atoms with Crippen LogP contribution in [0.1, 0.15) is 42.6 Å². The second kappa shape index (κ2) is 13.4. The molecule has 5 rings (SSSR count). The molecule has 2 unspecified atom stereocenters. The molecule has 6 nitrogen and oxygen atoms in total. The Bertz CT molecular complexity index is 1110. The van der Waals surface area contributed by atoms with Crippen LogP contribution in [0.2, 0.25) is 0 Å². The Morgan fingerprint density at radius 1 is 1.14 bits per heavy atom. The molecule has 0 aliphatic carbocycles. The lowest BCUT2D eigenvalue weighted by Crippen LogP contribution is -2.55. The maximum Gasteiger partial charge on any atom is 0.220 e. The largest absolute Gasteiger partial charge is 0.356 e. The summed E-state index contributed by atoms with van der Waals surface area (Å²) in [6.45, 7) is 7.21. The third kappa shape index (κ3) is 7.45. The van der Waals surface area contributed by atoms with Gasteiger partial charge >= 0.3 is 0 Å². The second-order valence-corrected chi connectivity index (χ2v) is 10.3. The zero-order valence-corrected chi connectivity index (χ0v) is 22.7. The van der Waals surface area contributed by atoms with E-state index < -0.39 is 0 Å². The number of carbonyl (C=O) groups excluding carboxylic acids is 1. The molecule has 36 heavy (non-hydrogen) atoms. The predicted octanol–water partition coefficient (Wildman–Crippen LogP) is 4.65. The minimum Gasteiger partial charge on any atom is -0.356 e. The predicted molar refractivity (Wildman–Crippen MR) is 151 cm³/mol. The van der Waals surface area contributed by atoms with E-state index in [0.717, 1.165) is 61.7 Å². The number of hydrogen-bond acceptors (Lipinski definition) is 4. The summed E-state index contributed by atoms with van der Waals surface area (Å²) in [5.74, 6) is 2.52. The highest BCUT2D eigenvalue weighted by molar-refractivity contribution is 5.85. The van der Waals surface area contributed by atoms with E-state index in [1.54, 1.807) is 0 Å². The van der Waals surface area contributed by atoms with Gasteiger partial charge in [-0.05, 0) is 67.8 Å². The molecule has 3 heterocycles. The van der Waals surface area contributed by atoms with Crippen LogP contribution in [0, 0.1) is 18.8 Å². The van der Waals surface area contributed by atoms with Gasteiger partial charge in [0, 0.05) is 45.1 Å². The zero-order valence-electron chi connectivity index (χ0n) is 21.0. The topological polar surface area (TPSA) is 73.1 Å². The molecule has 2 aromatic carbocycles. The van der Waals surface area contributed by atoms with Crippen LogP contribution in [0.4, 0.5) is 0 Å². The monoisotopic (exact) mass is 531 g/mol. The number of carbonyl (C=O) groups is 1. The number of likely N-dealkylation sites (tertiary alicyclic amines) is 1. The van der Waals surface area contributed by atoms with E-state index in [1.165, 1.54) is 24.1 Å². The van der Waals surface area contributed by atoms with Gasteiger partial charge in [-0.2, -0.15) is 0 Å². The minimum absolute atomic E-state index is 0. The molecular formula is C28H39Cl2N5O. The number of hydrogen-bond donors (Lipinski definition) is 3. The van der Waals surface area contributed by atoms with Gasteiger partial charge in [-0.25, -0.2) is 4.98 Å². The van der Waals surface area contributed by atoms with Crippen molar-refractivity contribution in [3.63, 3.8) is 0 Å². The van der Waals surface area contributed by atoms with Crippen LogP contribution in [0.25, 0.3) is 11.0 Å². The first-order valence-electron chi connectivity index (χ1n) is 12.8. The van der Waals surface area contributed by atoms with Crippen LogP contribution >= 0.6 is 24.8 Å². The van der Waals surface area contributed by atoms with Crippen LogP contribution in [0.15, 0.2) is 48.5 Å². The highest BCUT2D eigenvalue weighted by atomic mass is 35.5. The molecule has 196 valence electrons. The average Bonchev–Trinajstić information content (AvgIpc) is 3.23. The lowest BCUT2D eigenvalue weighted by molar-refractivity contribution is -0.121. The fourth-order valence-electron chi connectivity index (χ4n) is 5.77. The summed E-state index contributed by atoms with van der Waals surface area (Å²) >= 11 is 0. The maximum absolute atomic E-state index is 12.4. The molecule has 0 radical (unpaired) electrons. The number of halogens is 2. The summed E-state index contributed by atoms with van der Waals surface area (Å²) in [7, 11) is 0. The Hall–Kier alpha value is -2.12. The average molecular weight is 533 g/mol. The Balaban J connectivity index is 0.00000180. The van der Waals surface area contributed by atoms with Gasteiger partial charge in [-0.3, -0.25) is 9.69 Å². The second-order valence-electron chi connectivity index (χ2n) is 10.3. The number of fused-ring (bicyclic) bond motifs is 3. The number of piperidine rings is 2. The van der Waals surface area contributed by atoms with Crippen molar-refractivity contribution in [2.75, 3.05) is 26.2 Å². The van der Waals surface area contributed by atoms with Gasteiger partial charge in [0.15, 0.2) is 0 Å². The fourth-order valence-corrected chi connectivity index (χ4v) is 5.77. The molecule has 2 aliphatic rings. The highest BCUT2D eigenvalue weighted by Crippen LogP contribution is 2.31. The van der Waals surface area contributed by atoms with Gasteiger partial charge in [0.05, 0.1) is 11.0 Å². The normalized spacial score (nSPS) is 21.4. The summed E-state index contributed by atoms with van der Waals surface area (Å²) in [6, 6.07) is 17.6. The van der Waals surface area contributed by atoms with Crippen molar-refractivity contribution in [2.45, 2.75) is 51.6 Å². The third-order valence-corrected chi connectivity index (χ3v) is 7.42. The molecule has 8 heteroatoms. The van der Waals surface area contributed by atoms with Crippen LogP contribution < -0.4 is 10.6 Å². The first kappa shape index (κ1) is 28.5. The van der Waals surface area contributed by atoms with Crippen molar-refractivity contribution in [1.82, 2.24) is 25.5 Å². The number of rotatable bonds is 9. The number of nitrogens with one attached hydrogen (secondary N) is 3. The third-order valence-electron chi connectivity index (χ3n) is 7.42. The summed E-state index contributed by atoms with van der Waals surface area (Å²) in [5, 5.41) is 6.86. The molecule has 3 atom stereocenters. The van der Waals surface area contributed by atoms with Crippen molar-refractivity contribution < 1.29 is 4.79 Å². The van der Waals surface area contributed by atoms with Crippen molar-refractivity contribution in [1.29, 1.82) is 0 Å². The van der Waals surface area contributed by atoms with Crippen molar-refractivity contribution in [3.05, 3.63) is 65.5 Å². The number of imidazole rings is 1. The van der Waals surface area contributed by atoms with Crippen LogP contribution in [0.5, 0.6) is 0 Å². The number of aryl methyl sites for hydroxylation is 1. The van der Waals surface area contributed by atoms with E-state index in [9.17, 15) is 4.79 Å². The maximum atomic E-state index is 12.4. The van der Waals surface area contributed by atoms with E-state index in [4.69, 9.17) is 0 Å². The number of nitrogens with zero attached hydrogens (tertiary/aromatic N) is 2. The molecule has 2 saturated heterocycles. The van der Waals surface area contributed by atoms with Crippen molar-refractivity contribution >= 4 is 41.8 Å². The summed E-state index contributed by atoms with van der Waals surface area (Å²) < 4.78 is 0. The van der Waals surface area contributed by atoms with Gasteiger partial charge in [0.25, 0.3) is 0 Å². The molecule has 1 aromatic heterocycles. The Labute approximate surface area is 226 Å². The van der Waals surface area contributed by atoms with Crippen LogP contribution in [0.3, 0.4) is 0 Å². The molecule has 0 saturated carbocycles. The summed E-state index contributed by atoms with van der Waals surface area (Å²) in [4.78, 5) is 23.0. The minimum atomic E-state index is 0. The molecular weight excluding hydrogens is 493 g/mol. The Kier molecular flexibility index (Phi) is 10.6. The zero-order chi connectivity index (χ0) is 23.3. The molecule has 2 fully saturated rings. The van der Waals surface area contributed by atoms with Gasteiger partial charge in [0.2, 0.25) is 5.91 Å².